The minimum atomic E-state index is 0.621. The molecule has 2 heteroatoms. The smallest absolute Gasteiger partial charge is 0.0682 e. The van der Waals surface area contributed by atoms with E-state index in [1.807, 2.05) is 18.2 Å². The van der Waals surface area contributed by atoms with Gasteiger partial charge in [-0.25, -0.2) is 5.90 Å². The molecule has 0 bridgehead atoms. The second-order valence-electron chi connectivity index (χ2n) is 2.06. The van der Waals surface area contributed by atoms with Gasteiger partial charge in [-0.2, -0.15) is 0 Å². The second-order valence-corrected chi connectivity index (χ2v) is 2.06. The van der Waals surface area contributed by atoms with E-state index in [9.17, 15) is 0 Å². The van der Waals surface area contributed by atoms with E-state index in [1.165, 1.54) is 0 Å². The molecular formula is C9H15NO. The normalized spacial score (nSPS) is 11.4. The van der Waals surface area contributed by atoms with E-state index >= 15 is 0 Å². The van der Waals surface area contributed by atoms with Crippen LogP contribution in [0.2, 0.25) is 0 Å². The molecule has 62 valence electrons. The summed E-state index contributed by atoms with van der Waals surface area (Å²) in [4.78, 5) is 4.40. The molecule has 0 aromatic heterocycles. The number of unbranched alkanes of at least 4 members (excludes halogenated alkanes) is 1. The molecular weight excluding hydrogens is 138 g/mol. The standard InChI is InChI=1S/C9H15NO/c1-2-3-4-5-6-7-8-9-11-10/h2-6H,1,7-10H2/b4-3-,6-5+. The van der Waals surface area contributed by atoms with E-state index in [4.69, 9.17) is 5.90 Å². The summed E-state index contributed by atoms with van der Waals surface area (Å²) in [6, 6.07) is 0. The first-order chi connectivity index (χ1) is 5.41. The van der Waals surface area contributed by atoms with Crippen LogP contribution in [0.1, 0.15) is 12.8 Å². The van der Waals surface area contributed by atoms with E-state index in [0.717, 1.165) is 12.8 Å². The first kappa shape index (κ1) is 10.1. The van der Waals surface area contributed by atoms with Crippen LogP contribution in [0.3, 0.4) is 0 Å². The average molecular weight is 153 g/mol. The lowest BCUT2D eigenvalue weighted by Gasteiger charge is -1.91. The SMILES string of the molecule is C=C/C=C\C=C\CCCON. The van der Waals surface area contributed by atoms with Crippen molar-refractivity contribution in [3.63, 3.8) is 0 Å². The van der Waals surface area contributed by atoms with Gasteiger partial charge in [0, 0.05) is 0 Å². The monoisotopic (exact) mass is 153 g/mol. The van der Waals surface area contributed by atoms with Crippen molar-refractivity contribution < 1.29 is 4.84 Å². The highest BCUT2D eigenvalue weighted by atomic mass is 16.6. The summed E-state index contributed by atoms with van der Waals surface area (Å²) in [6.07, 6.45) is 11.6. The van der Waals surface area contributed by atoms with Gasteiger partial charge in [-0.3, -0.25) is 0 Å². The Kier molecular flexibility index (Phi) is 8.43. The molecule has 2 nitrogen and oxygen atoms in total. The lowest BCUT2D eigenvalue weighted by molar-refractivity contribution is 0.136. The summed E-state index contributed by atoms with van der Waals surface area (Å²) in [5, 5.41) is 0. The minimum Gasteiger partial charge on any atom is -0.305 e. The van der Waals surface area contributed by atoms with Crippen LogP contribution in [0.4, 0.5) is 0 Å². The van der Waals surface area contributed by atoms with E-state index in [1.54, 1.807) is 6.08 Å². The predicted octanol–water partition coefficient (Wildman–Crippen LogP) is 1.96. The molecule has 11 heavy (non-hydrogen) atoms. The van der Waals surface area contributed by atoms with Gasteiger partial charge in [-0.15, -0.1) is 0 Å². The molecule has 2 N–H and O–H groups in total. The van der Waals surface area contributed by atoms with Crippen molar-refractivity contribution in [3.05, 3.63) is 37.0 Å². The van der Waals surface area contributed by atoms with Crippen LogP contribution >= 0.6 is 0 Å². The average Bonchev–Trinajstić information content (AvgIpc) is 2.03. The Morgan fingerprint density at radius 2 is 2.09 bits per heavy atom. The van der Waals surface area contributed by atoms with Gasteiger partial charge in [0.2, 0.25) is 0 Å². The molecule has 0 aliphatic heterocycles. The van der Waals surface area contributed by atoms with Gasteiger partial charge in [0.1, 0.15) is 0 Å². The molecule has 0 heterocycles. The number of hydrogen-bond donors (Lipinski definition) is 1. The van der Waals surface area contributed by atoms with Gasteiger partial charge >= 0.3 is 0 Å². The van der Waals surface area contributed by atoms with Crippen LogP contribution < -0.4 is 5.90 Å². The fraction of sp³-hybridized carbons (Fsp3) is 0.333. The lowest BCUT2D eigenvalue weighted by Crippen LogP contribution is -1.99. The van der Waals surface area contributed by atoms with Crippen molar-refractivity contribution >= 4 is 0 Å². The van der Waals surface area contributed by atoms with E-state index in [-0.39, 0.29) is 0 Å². The van der Waals surface area contributed by atoms with Crippen molar-refractivity contribution in [2.75, 3.05) is 6.61 Å². The van der Waals surface area contributed by atoms with Crippen molar-refractivity contribution in [1.82, 2.24) is 0 Å². The molecule has 0 spiro atoms. The van der Waals surface area contributed by atoms with Crippen molar-refractivity contribution in [2.24, 2.45) is 5.90 Å². The third kappa shape index (κ3) is 9.14. The molecule has 0 aliphatic rings. The van der Waals surface area contributed by atoms with Gasteiger partial charge in [-0.05, 0) is 12.8 Å². The third-order valence-electron chi connectivity index (χ3n) is 1.13. The van der Waals surface area contributed by atoms with Crippen LogP contribution in [-0.4, -0.2) is 6.61 Å². The minimum absolute atomic E-state index is 0.621. The van der Waals surface area contributed by atoms with Gasteiger partial charge in [0.05, 0.1) is 6.61 Å². The number of nitrogens with two attached hydrogens (primary N) is 1. The predicted molar refractivity (Wildman–Crippen MR) is 47.9 cm³/mol. The quantitative estimate of drug-likeness (QED) is 0.359. The molecule has 0 radical (unpaired) electrons. The highest BCUT2D eigenvalue weighted by Gasteiger charge is 1.79. The fourth-order valence-electron chi connectivity index (χ4n) is 0.602. The summed E-state index contributed by atoms with van der Waals surface area (Å²) in [5.41, 5.74) is 0. The highest BCUT2D eigenvalue weighted by molar-refractivity contribution is 5.08. The number of hydrogen-bond acceptors (Lipinski definition) is 2. The Labute approximate surface area is 68.0 Å². The van der Waals surface area contributed by atoms with Crippen LogP contribution in [0.25, 0.3) is 0 Å². The maximum Gasteiger partial charge on any atom is 0.0682 e. The summed E-state index contributed by atoms with van der Waals surface area (Å²) in [5.74, 6) is 4.84. The summed E-state index contributed by atoms with van der Waals surface area (Å²) >= 11 is 0. The zero-order valence-electron chi connectivity index (χ0n) is 6.70. The molecule has 0 fully saturated rings. The molecule has 0 atom stereocenters. The molecule has 0 rings (SSSR count). The maximum absolute atomic E-state index is 4.84. The Balaban J connectivity index is 3.15. The van der Waals surface area contributed by atoms with Gasteiger partial charge in [0.25, 0.3) is 0 Å². The summed E-state index contributed by atoms with van der Waals surface area (Å²) in [7, 11) is 0. The summed E-state index contributed by atoms with van der Waals surface area (Å²) < 4.78 is 0. The molecule has 0 aromatic carbocycles. The molecule has 0 aliphatic carbocycles. The number of rotatable bonds is 6. The Morgan fingerprint density at radius 1 is 1.27 bits per heavy atom. The van der Waals surface area contributed by atoms with Crippen LogP contribution in [0.15, 0.2) is 37.0 Å². The van der Waals surface area contributed by atoms with E-state index < -0.39 is 0 Å². The molecule has 0 unspecified atom stereocenters. The molecule has 0 saturated carbocycles. The molecule has 0 amide bonds. The van der Waals surface area contributed by atoms with Crippen LogP contribution in [-0.2, 0) is 4.84 Å². The maximum atomic E-state index is 4.84. The first-order valence-corrected chi connectivity index (χ1v) is 3.67. The van der Waals surface area contributed by atoms with Crippen molar-refractivity contribution in [3.8, 4) is 0 Å². The fourth-order valence-corrected chi connectivity index (χ4v) is 0.602. The lowest BCUT2D eigenvalue weighted by atomic mass is 10.3. The van der Waals surface area contributed by atoms with Crippen LogP contribution in [0, 0.1) is 0 Å². The third-order valence-corrected chi connectivity index (χ3v) is 1.13. The second kappa shape index (κ2) is 9.14. The van der Waals surface area contributed by atoms with E-state index in [2.05, 4.69) is 17.5 Å². The number of allylic oxidation sites excluding steroid dienone is 5. The zero-order chi connectivity index (χ0) is 8.36. The topological polar surface area (TPSA) is 35.2 Å². The van der Waals surface area contributed by atoms with E-state index in [0.29, 0.717) is 6.61 Å². The first-order valence-electron chi connectivity index (χ1n) is 3.67. The molecule has 0 aromatic rings. The summed E-state index contributed by atoms with van der Waals surface area (Å²) in [6.45, 7) is 4.17. The van der Waals surface area contributed by atoms with Gasteiger partial charge in [-0.1, -0.05) is 37.0 Å². The Bertz CT molecular complexity index is 138. The largest absolute Gasteiger partial charge is 0.305 e. The van der Waals surface area contributed by atoms with Crippen molar-refractivity contribution in [1.29, 1.82) is 0 Å². The van der Waals surface area contributed by atoms with Gasteiger partial charge < -0.3 is 4.84 Å². The Hall–Kier alpha value is -0.860. The van der Waals surface area contributed by atoms with Gasteiger partial charge in [0.15, 0.2) is 0 Å². The van der Waals surface area contributed by atoms with Crippen molar-refractivity contribution in [2.45, 2.75) is 12.8 Å². The van der Waals surface area contributed by atoms with Crippen LogP contribution in [0.5, 0.6) is 0 Å². The molecule has 0 saturated heterocycles. The Morgan fingerprint density at radius 3 is 2.73 bits per heavy atom. The highest BCUT2D eigenvalue weighted by Crippen LogP contribution is 1.90. The zero-order valence-corrected chi connectivity index (χ0v) is 6.70.